The molecule has 2 aromatic rings. The molecule has 0 radical (unpaired) electrons. The molecule has 0 saturated heterocycles. The number of hydrogen-bond acceptors (Lipinski definition) is 4. The molecule has 0 atom stereocenters. The highest BCUT2D eigenvalue weighted by Gasteiger charge is 2.15. The van der Waals surface area contributed by atoms with Gasteiger partial charge in [0.25, 0.3) is 5.95 Å². The number of halogens is 3. The van der Waals surface area contributed by atoms with Crippen molar-refractivity contribution in [2.75, 3.05) is 7.11 Å². The van der Waals surface area contributed by atoms with E-state index < -0.39 is 17.7 Å². The van der Waals surface area contributed by atoms with Gasteiger partial charge in [-0.15, -0.1) is 0 Å². The lowest BCUT2D eigenvalue weighted by Gasteiger charge is -1.99. The lowest BCUT2D eigenvalue weighted by molar-refractivity contribution is 0.402. The molecule has 2 aromatic heterocycles. The summed E-state index contributed by atoms with van der Waals surface area (Å²) in [5.74, 6) is -3.46. The third-order valence-electron chi connectivity index (χ3n) is 1.85. The van der Waals surface area contributed by atoms with Gasteiger partial charge in [-0.25, -0.2) is 4.39 Å². The van der Waals surface area contributed by atoms with Crippen molar-refractivity contribution >= 4 is 11.5 Å². The van der Waals surface area contributed by atoms with Gasteiger partial charge in [0.05, 0.1) is 17.6 Å². The molecule has 2 heterocycles. The van der Waals surface area contributed by atoms with Gasteiger partial charge in [0.2, 0.25) is 11.8 Å². The Hall–Kier alpha value is -1.63. The summed E-state index contributed by atoms with van der Waals surface area (Å²) in [5, 5.41) is 0. The molecule has 0 aliphatic carbocycles. The summed E-state index contributed by atoms with van der Waals surface area (Å²) in [5.41, 5.74) is -0.139. The number of nitrogens with zero attached hydrogens (tertiary/aromatic N) is 2. The van der Waals surface area contributed by atoms with Crippen LogP contribution in [0.15, 0.2) is 12.1 Å². The molecule has 16 heavy (non-hydrogen) atoms. The molecule has 84 valence electrons. The molecule has 2 rings (SSSR count). The summed E-state index contributed by atoms with van der Waals surface area (Å²) in [6.45, 7) is 0. The van der Waals surface area contributed by atoms with Gasteiger partial charge in [-0.05, 0) is 17.6 Å². The van der Waals surface area contributed by atoms with Gasteiger partial charge in [-0.3, -0.25) is 0 Å². The maximum atomic E-state index is 13.2. The summed E-state index contributed by atoms with van der Waals surface area (Å²) in [7, 11) is 1.40. The van der Waals surface area contributed by atoms with Gasteiger partial charge in [0, 0.05) is 6.07 Å². The van der Waals surface area contributed by atoms with E-state index in [1.54, 1.807) is 0 Å². The van der Waals surface area contributed by atoms with Crippen molar-refractivity contribution in [2.24, 2.45) is 0 Å². The average Bonchev–Trinajstić information content (AvgIpc) is 2.71. The van der Waals surface area contributed by atoms with E-state index in [2.05, 4.69) is 9.36 Å². The maximum Gasteiger partial charge on any atom is 0.251 e. The van der Waals surface area contributed by atoms with Gasteiger partial charge in [0.1, 0.15) is 0 Å². The van der Waals surface area contributed by atoms with Crippen LogP contribution in [-0.4, -0.2) is 16.5 Å². The molecule has 0 aliphatic heterocycles. The van der Waals surface area contributed by atoms with E-state index >= 15 is 0 Å². The Morgan fingerprint density at radius 1 is 1.19 bits per heavy atom. The zero-order valence-corrected chi connectivity index (χ0v) is 8.82. The zero-order valence-electron chi connectivity index (χ0n) is 8.00. The fourth-order valence-corrected chi connectivity index (χ4v) is 1.81. The molecular weight excluding hydrogens is 241 g/mol. The van der Waals surface area contributed by atoms with Crippen LogP contribution in [-0.2, 0) is 0 Å². The monoisotopic (exact) mass is 246 g/mol. The lowest BCUT2D eigenvalue weighted by atomic mass is 10.2. The number of hydrogen-bond donors (Lipinski definition) is 0. The minimum absolute atomic E-state index is 0.139. The molecule has 3 nitrogen and oxygen atoms in total. The molecule has 0 aromatic carbocycles. The van der Waals surface area contributed by atoms with Crippen LogP contribution in [0.1, 0.15) is 0 Å². The van der Waals surface area contributed by atoms with Crippen LogP contribution < -0.4 is 4.74 Å². The predicted molar refractivity (Wildman–Crippen MR) is 51.8 cm³/mol. The Labute approximate surface area is 92.7 Å². The number of ether oxygens (including phenoxy) is 1. The third-order valence-corrected chi connectivity index (χ3v) is 2.66. The summed E-state index contributed by atoms with van der Waals surface area (Å²) >= 11 is 0.912. The van der Waals surface area contributed by atoms with E-state index in [9.17, 15) is 13.2 Å². The second kappa shape index (κ2) is 4.09. The summed E-state index contributed by atoms with van der Waals surface area (Å²) < 4.78 is 47.3. The van der Waals surface area contributed by atoms with Crippen molar-refractivity contribution in [3.8, 4) is 16.3 Å². The minimum atomic E-state index is -1.46. The van der Waals surface area contributed by atoms with Crippen molar-refractivity contribution in [3.63, 3.8) is 0 Å². The Morgan fingerprint density at radius 2 is 1.94 bits per heavy atom. The van der Waals surface area contributed by atoms with Crippen LogP contribution in [0.5, 0.6) is 5.88 Å². The van der Waals surface area contributed by atoms with Crippen molar-refractivity contribution < 1.29 is 17.9 Å². The van der Waals surface area contributed by atoms with Crippen molar-refractivity contribution in [2.45, 2.75) is 0 Å². The van der Waals surface area contributed by atoms with Crippen molar-refractivity contribution in [1.82, 2.24) is 9.36 Å². The zero-order chi connectivity index (χ0) is 11.7. The fourth-order valence-electron chi connectivity index (χ4n) is 1.10. The van der Waals surface area contributed by atoms with E-state index in [1.165, 1.54) is 13.2 Å². The normalized spacial score (nSPS) is 10.5. The van der Waals surface area contributed by atoms with Crippen molar-refractivity contribution in [1.29, 1.82) is 0 Å². The molecule has 0 saturated carbocycles. The van der Waals surface area contributed by atoms with E-state index in [4.69, 9.17) is 4.74 Å². The molecule has 0 bridgehead atoms. The van der Waals surface area contributed by atoms with Crippen LogP contribution in [0.4, 0.5) is 13.2 Å². The highest BCUT2D eigenvalue weighted by Crippen LogP contribution is 2.30. The molecule has 0 N–H and O–H groups in total. The Morgan fingerprint density at radius 3 is 2.56 bits per heavy atom. The number of methoxy groups -OCH3 is 1. The molecular formula is C9H5F3N2OS. The first-order valence-corrected chi connectivity index (χ1v) is 4.91. The first-order chi connectivity index (χ1) is 7.61. The molecule has 0 unspecified atom stereocenters. The summed E-state index contributed by atoms with van der Waals surface area (Å²) in [4.78, 5) is 3.13. The number of aromatic nitrogens is 2. The first kappa shape index (κ1) is 10.9. The Balaban J connectivity index is 2.51. The smallest absolute Gasteiger partial charge is 0.251 e. The third kappa shape index (κ3) is 1.85. The maximum absolute atomic E-state index is 13.2. The SMILES string of the molecule is COc1cc(-c2cc(F)c(F)nc2F)sn1. The molecule has 0 aliphatic rings. The largest absolute Gasteiger partial charge is 0.480 e. The number of rotatable bonds is 2. The molecule has 0 fully saturated rings. The van der Waals surface area contributed by atoms with Crippen LogP contribution >= 0.6 is 11.5 Å². The molecule has 0 spiro atoms. The van der Waals surface area contributed by atoms with Crippen LogP contribution in [0.25, 0.3) is 10.4 Å². The number of pyridine rings is 1. The van der Waals surface area contributed by atoms with Gasteiger partial charge < -0.3 is 4.74 Å². The summed E-state index contributed by atoms with van der Waals surface area (Å²) in [6.07, 6.45) is 0. The average molecular weight is 246 g/mol. The van der Waals surface area contributed by atoms with Gasteiger partial charge in [0.15, 0.2) is 5.82 Å². The highest BCUT2D eigenvalue weighted by atomic mass is 32.1. The Kier molecular flexibility index (Phi) is 2.78. The quantitative estimate of drug-likeness (QED) is 0.764. The predicted octanol–water partition coefficient (Wildman–Crippen LogP) is 2.63. The van der Waals surface area contributed by atoms with Crippen LogP contribution in [0.3, 0.4) is 0 Å². The molecule has 7 heteroatoms. The van der Waals surface area contributed by atoms with Crippen LogP contribution in [0, 0.1) is 17.7 Å². The minimum Gasteiger partial charge on any atom is -0.480 e. The topological polar surface area (TPSA) is 35.0 Å². The second-order valence-electron chi connectivity index (χ2n) is 2.83. The van der Waals surface area contributed by atoms with E-state index in [-0.39, 0.29) is 11.4 Å². The van der Waals surface area contributed by atoms with E-state index in [0.29, 0.717) is 4.88 Å². The summed E-state index contributed by atoms with van der Waals surface area (Å²) in [6, 6.07) is 2.16. The van der Waals surface area contributed by atoms with E-state index in [1.807, 2.05) is 0 Å². The van der Waals surface area contributed by atoms with Gasteiger partial charge in [-0.2, -0.15) is 18.1 Å². The second-order valence-corrected chi connectivity index (χ2v) is 3.64. The first-order valence-electron chi connectivity index (χ1n) is 4.14. The highest BCUT2D eigenvalue weighted by molar-refractivity contribution is 7.09. The fraction of sp³-hybridized carbons (Fsp3) is 0.111. The standard InChI is InChI=1S/C9H5F3N2OS/c1-15-7-3-6(16-14-7)4-2-5(10)9(12)13-8(4)11/h2-3H,1H3. The van der Waals surface area contributed by atoms with Crippen molar-refractivity contribution in [3.05, 3.63) is 29.8 Å². The Bertz CT molecular complexity index is 529. The van der Waals surface area contributed by atoms with Gasteiger partial charge in [-0.1, -0.05) is 0 Å². The van der Waals surface area contributed by atoms with Gasteiger partial charge >= 0.3 is 0 Å². The molecule has 0 amide bonds. The lowest BCUT2D eigenvalue weighted by Crippen LogP contribution is -1.95. The van der Waals surface area contributed by atoms with Crippen LogP contribution in [0.2, 0.25) is 0 Å². The van der Waals surface area contributed by atoms with E-state index in [0.717, 1.165) is 17.6 Å².